The van der Waals surface area contributed by atoms with Gasteiger partial charge in [0.2, 0.25) is 0 Å². The third kappa shape index (κ3) is 6.30. The van der Waals surface area contributed by atoms with Crippen LogP contribution in [-0.2, 0) is 4.84 Å². The maximum atomic E-state index is 12.9. The molecule has 3 rings (SSSR count). The fraction of sp³-hybridized carbons (Fsp3) is 0.444. The Morgan fingerprint density at radius 3 is 1.80 bits per heavy atom. The first-order valence-electron chi connectivity index (χ1n) is 11.7. The quantitative estimate of drug-likeness (QED) is 0.138. The highest BCUT2D eigenvalue weighted by Gasteiger charge is 2.27. The van der Waals surface area contributed by atoms with Gasteiger partial charge in [-0.3, -0.25) is 0 Å². The summed E-state index contributed by atoms with van der Waals surface area (Å²) in [6.45, 7) is 2.96. The molecule has 0 saturated heterocycles. The number of hydroxylamine groups is 1. The Bertz CT molecular complexity index is 880. The zero-order chi connectivity index (χ0) is 21.0. The summed E-state index contributed by atoms with van der Waals surface area (Å²) >= 11 is 0. The Morgan fingerprint density at radius 1 is 0.733 bits per heavy atom. The standard InChI is InChI=1S/C27H35NO2/c1-2-3-4-5-6-7-8-9-10-15-20-28-30-27(29)26-24-18-13-11-16-22(24)21-23-17-12-14-19-25(23)26/h11-14,16-19,21,28H,2-10,15,20H2,1H3/q+1. The van der Waals surface area contributed by atoms with E-state index in [-0.39, 0.29) is 5.97 Å². The first-order chi connectivity index (χ1) is 14.8. The van der Waals surface area contributed by atoms with Crippen molar-refractivity contribution in [1.29, 1.82) is 0 Å². The maximum absolute atomic E-state index is 12.9. The molecular weight excluding hydrogens is 370 g/mol. The van der Waals surface area contributed by atoms with Gasteiger partial charge in [0.1, 0.15) is 5.56 Å². The summed E-state index contributed by atoms with van der Waals surface area (Å²) in [6.07, 6.45) is 13.0. The number of hydrogen-bond acceptors (Lipinski definition) is 3. The molecule has 0 saturated carbocycles. The zero-order valence-corrected chi connectivity index (χ0v) is 18.3. The van der Waals surface area contributed by atoms with Gasteiger partial charge < -0.3 is 0 Å². The van der Waals surface area contributed by atoms with Crippen molar-refractivity contribution in [2.75, 3.05) is 6.54 Å². The third-order valence-electron chi connectivity index (χ3n) is 5.77. The minimum absolute atomic E-state index is 0.310. The second-order valence-corrected chi connectivity index (χ2v) is 8.16. The monoisotopic (exact) mass is 405 g/mol. The first kappa shape index (κ1) is 22.3. The number of carbonyl (C=O) groups excluding carboxylic acids is 1. The number of hydrogen-bond donors (Lipinski definition) is 1. The van der Waals surface area contributed by atoms with Crippen LogP contribution >= 0.6 is 0 Å². The van der Waals surface area contributed by atoms with Crippen LogP contribution in [0.1, 0.15) is 81.5 Å². The van der Waals surface area contributed by atoms with Crippen LogP contribution in [0, 0.1) is 0 Å². The van der Waals surface area contributed by atoms with Gasteiger partial charge in [0.25, 0.3) is 0 Å². The fourth-order valence-electron chi connectivity index (χ4n) is 4.09. The Labute approximate surface area is 180 Å². The summed E-state index contributed by atoms with van der Waals surface area (Å²) in [5.74, 6) is -0.310. The molecule has 3 nitrogen and oxygen atoms in total. The van der Waals surface area contributed by atoms with E-state index < -0.39 is 0 Å². The van der Waals surface area contributed by atoms with Crippen LogP contribution in [0.5, 0.6) is 0 Å². The summed E-state index contributed by atoms with van der Waals surface area (Å²) in [7, 11) is 0. The second kappa shape index (κ2) is 12.3. The summed E-state index contributed by atoms with van der Waals surface area (Å²) in [6, 6.07) is 18.1. The van der Waals surface area contributed by atoms with Gasteiger partial charge in [0.05, 0.1) is 11.3 Å². The van der Waals surface area contributed by atoms with E-state index in [4.69, 9.17) is 4.84 Å². The fourth-order valence-corrected chi connectivity index (χ4v) is 4.09. The molecule has 0 aromatic heterocycles. The van der Waals surface area contributed by atoms with Gasteiger partial charge in [-0.1, -0.05) is 119 Å². The Balaban J connectivity index is 1.43. The van der Waals surface area contributed by atoms with Gasteiger partial charge in [0, 0.05) is 10.8 Å². The largest absolute Gasteiger partial charge is 0.632 e. The average Bonchev–Trinajstić information content (AvgIpc) is 2.78. The van der Waals surface area contributed by atoms with E-state index in [0.717, 1.165) is 28.0 Å². The number of carbonyl (C=O) groups is 1. The molecule has 0 bridgehead atoms. The predicted octanol–water partition coefficient (Wildman–Crippen LogP) is 7.58. The van der Waals surface area contributed by atoms with Crippen molar-refractivity contribution in [2.45, 2.75) is 71.1 Å². The van der Waals surface area contributed by atoms with Gasteiger partial charge in [0.15, 0.2) is 0 Å². The second-order valence-electron chi connectivity index (χ2n) is 8.16. The van der Waals surface area contributed by atoms with Crippen molar-refractivity contribution in [3.8, 4) is 0 Å². The van der Waals surface area contributed by atoms with Crippen molar-refractivity contribution in [1.82, 2.24) is 5.48 Å². The molecule has 1 N–H and O–H groups in total. The van der Waals surface area contributed by atoms with Gasteiger partial charge >= 0.3 is 5.97 Å². The molecule has 1 radical (unpaired) electrons. The highest BCUT2D eigenvalue weighted by Crippen LogP contribution is 2.28. The summed E-state index contributed by atoms with van der Waals surface area (Å²) in [5.41, 5.74) is 3.53. The van der Waals surface area contributed by atoms with E-state index >= 15 is 0 Å². The Kier molecular flexibility index (Phi) is 9.17. The SMILES string of the molecule is CCCCCCCCCCCCNOC(=[O+])c1c2ccccc2cc2ccccc12. The minimum Gasteiger partial charge on any atom is -0.195 e. The van der Waals surface area contributed by atoms with Gasteiger partial charge in [-0.05, 0) is 23.3 Å². The van der Waals surface area contributed by atoms with Gasteiger partial charge in [-0.15, -0.1) is 0 Å². The van der Waals surface area contributed by atoms with E-state index in [2.05, 4.69) is 18.5 Å². The predicted molar refractivity (Wildman–Crippen MR) is 127 cm³/mol. The van der Waals surface area contributed by atoms with Crippen molar-refractivity contribution in [2.24, 2.45) is 0 Å². The van der Waals surface area contributed by atoms with Crippen LogP contribution in [0.3, 0.4) is 0 Å². The highest BCUT2D eigenvalue weighted by atomic mass is 16.7. The van der Waals surface area contributed by atoms with E-state index in [9.17, 15) is 4.79 Å². The molecule has 0 aliphatic heterocycles. The molecule has 0 amide bonds. The molecule has 0 atom stereocenters. The summed E-state index contributed by atoms with van der Waals surface area (Å²) in [4.78, 5) is 18.3. The topological polar surface area (TPSA) is 41.2 Å². The Morgan fingerprint density at radius 2 is 1.23 bits per heavy atom. The van der Waals surface area contributed by atoms with Crippen molar-refractivity contribution in [3.05, 3.63) is 60.2 Å². The van der Waals surface area contributed by atoms with Crippen LogP contribution in [0.2, 0.25) is 0 Å². The van der Waals surface area contributed by atoms with Crippen LogP contribution in [0.4, 0.5) is 0 Å². The summed E-state index contributed by atoms with van der Waals surface area (Å²) < 4.78 is 0. The number of fused-ring (bicyclic) bond motifs is 2. The number of rotatable bonds is 13. The van der Waals surface area contributed by atoms with Gasteiger partial charge in [-0.2, -0.15) is 4.84 Å². The van der Waals surface area contributed by atoms with Gasteiger partial charge in [-0.25, -0.2) is 0 Å². The number of nitrogens with one attached hydrogen (secondary N) is 1. The average molecular weight is 406 g/mol. The lowest BCUT2D eigenvalue weighted by molar-refractivity contribution is 0.0256. The molecule has 0 aliphatic rings. The van der Waals surface area contributed by atoms with Crippen molar-refractivity contribution >= 4 is 27.5 Å². The third-order valence-corrected chi connectivity index (χ3v) is 5.77. The lowest BCUT2D eigenvalue weighted by atomic mass is 9.97. The molecule has 0 aliphatic carbocycles. The molecule has 3 heteroatoms. The minimum atomic E-state index is -0.310. The van der Waals surface area contributed by atoms with Crippen LogP contribution in [0.15, 0.2) is 54.6 Å². The number of benzene rings is 3. The Hall–Kier alpha value is -2.39. The van der Waals surface area contributed by atoms with Crippen LogP contribution in [-0.4, -0.2) is 12.5 Å². The molecule has 3 aromatic rings. The number of unbranched alkanes of at least 4 members (excludes halogenated alkanes) is 9. The molecule has 0 heterocycles. The normalized spacial score (nSPS) is 11.2. The highest BCUT2D eigenvalue weighted by molar-refractivity contribution is 6.16. The van der Waals surface area contributed by atoms with Crippen molar-refractivity contribution in [3.63, 3.8) is 0 Å². The first-order valence-corrected chi connectivity index (χ1v) is 11.7. The van der Waals surface area contributed by atoms with E-state index in [1.807, 2.05) is 48.5 Å². The van der Waals surface area contributed by atoms with E-state index in [1.165, 1.54) is 57.8 Å². The lowest BCUT2D eigenvalue weighted by Gasteiger charge is -2.06. The van der Waals surface area contributed by atoms with E-state index in [1.54, 1.807) is 0 Å². The molecule has 159 valence electrons. The molecule has 0 unspecified atom stereocenters. The van der Waals surface area contributed by atoms with Crippen LogP contribution in [0.25, 0.3) is 21.5 Å². The smallest absolute Gasteiger partial charge is 0.195 e. The molecular formula is C27H35NO2+. The zero-order valence-electron chi connectivity index (χ0n) is 18.3. The van der Waals surface area contributed by atoms with E-state index in [0.29, 0.717) is 12.1 Å². The van der Waals surface area contributed by atoms with Crippen molar-refractivity contribution < 1.29 is 9.63 Å². The molecule has 0 spiro atoms. The van der Waals surface area contributed by atoms with Crippen LogP contribution < -0.4 is 5.48 Å². The molecule has 3 aromatic carbocycles. The molecule has 30 heavy (non-hydrogen) atoms. The summed E-state index contributed by atoms with van der Waals surface area (Å²) in [5, 5.41) is 3.97. The molecule has 0 fully saturated rings. The lowest BCUT2D eigenvalue weighted by Crippen LogP contribution is -2.21. The maximum Gasteiger partial charge on any atom is 0.632 e.